The van der Waals surface area contributed by atoms with Gasteiger partial charge in [0.15, 0.2) is 11.6 Å². The third kappa shape index (κ3) is 2.78. The van der Waals surface area contributed by atoms with Crippen LogP contribution in [0.25, 0.3) is 0 Å². The van der Waals surface area contributed by atoms with Crippen LogP contribution >= 0.6 is 0 Å². The van der Waals surface area contributed by atoms with Crippen molar-refractivity contribution in [2.75, 3.05) is 19.6 Å². The number of carbonyl (C=O) groups is 2. The summed E-state index contributed by atoms with van der Waals surface area (Å²) >= 11 is 0. The summed E-state index contributed by atoms with van der Waals surface area (Å²) in [6.07, 6.45) is 2.11. The van der Waals surface area contributed by atoms with Crippen molar-refractivity contribution in [2.24, 2.45) is 11.7 Å². The fourth-order valence-corrected chi connectivity index (χ4v) is 5.16. The first-order chi connectivity index (χ1) is 12.5. The molecule has 4 saturated heterocycles. The van der Waals surface area contributed by atoms with Crippen LogP contribution in [0.4, 0.5) is 8.78 Å². The zero-order chi connectivity index (χ0) is 18.4. The highest BCUT2D eigenvalue weighted by Gasteiger charge is 2.55. The van der Waals surface area contributed by atoms with Crippen molar-refractivity contribution in [1.29, 1.82) is 0 Å². The number of nitrogens with zero attached hydrogens (tertiary/aromatic N) is 2. The van der Waals surface area contributed by atoms with Crippen LogP contribution in [-0.4, -0.2) is 53.3 Å². The molecule has 26 heavy (non-hydrogen) atoms. The van der Waals surface area contributed by atoms with E-state index in [4.69, 9.17) is 5.73 Å². The lowest BCUT2D eigenvalue weighted by atomic mass is 9.75. The summed E-state index contributed by atoms with van der Waals surface area (Å²) in [5, 5.41) is 0. The number of amides is 2. The number of piperidine rings is 3. The topological polar surface area (TPSA) is 66.6 Å². The summed E-state index contributed by atoms with van der Waals surface area (Å²) in [6.45, 7) is 2.23. The minimum Gasteiger partial charge on any atom is -0.370 e. The molecule has 5 nitrogen and oxygen atoms in total. The average molecular weight is 363 g/mol. The first kappa shape index (κ1) is 17.4. The van der Waals surface area contributed by atoms with Gasteiger partial charge < -0.3 is 10.6 Å². The van der Waals surface area contributed by atoms with Gasteiger partial charge in [-0.2, -0.15) is 0 Å². The minimum atomic E-state index is -0.853. The second kappa shape index (κ2) is 6.61. The van der Waals surface area contributed by atoms with Crippen LogP contribution < -0.4 is 5.73 Å². The summed E-state index contributed by atoms with van der Waals surface area (Å²) < 4.78 is 28.3. The third-order valence-corrected chi connectivity index (χ3v) is 6.28. The van der Waals surface area contributed by atoms with E-state index in [1.807, 2.05) is 0 Å². The Morgan fingerprint density at radius 2 is 1.85 bits per heavy atom. The summed E-state index contributed by atoms with van der Waals surface area (Å²) in [5.74, 6) is -2.16. The fraction of sp³-hybridized carbons (Fsp3) is 0.579. The number of primary amides is 1. The molecular weight excluding hydrogens is 340 g/mol. The van der Waals surface area contributed by atoms with Gasteiger partial charge in [0.05, 0.1) is 6.04 Å². The summed E-state index contributed by atoms with van der Waals surface area (Å²) in [7, 11) is 0. The highest BCUT2D eigenvalue weighted by molar-refractivity contribution is 5.83. The van der Waals surface area contributed by atoms with Gasteiger partial charge in [0.1, 0.15) is 0 Å². The number of nitrogens with two attached hydrogens (primary N) is 1. The molecule has 4 fully saturated rings. The quantitative estimate of drug-likeness (QED) is 0.884. The molecule has 7 heteroatoms. The third-order valence-electron chi connectivity index (χ3n) is 6.28. The monoisotopic (exact) mass is 363 g/mol. The number of carbonyl (C=O) groups excluding carboxylic acids is 2. The molecule has 4 aliphatic heterocycles. The van der Waals surface area contributed by atoms with Crippen LogP contribution in [0.5, 0.6) is 0 Å². The van der Waals surface area contributed by atoms with Gasteiger partial charge in [0.2, 0.25) is 11.8 Å². The van der Waals surface area contributed by atoms with Crippen LogP contribution in [0.15, 0.2) is 18.2 Å². The second-order valence-corrected chi connectivity index (χ2v) is 7.62. The lowest BCUT2D eigenvalue weighted by molar-refractivity contribution is -0.137. The molecule has 5 rings (SSSR count). The fourth-order valence-electron chi connectivity index (χ4n) is 5.16. The summed E-state index contributed by atoms with van der Waals surface area (Å²) in [6, 6.07) is 4.29. The molecule has 3 atom stereocenters. The van der Waals surface area contributed by atoms with Gasteiger partial charge in [-0.1, -0.05) is 12.1 Å². The molecular formula is C19H23F2N3O2. The molecule has 0 saturated carbocycles. The van der Waals surface area contributed by atoms with Gasteiger partial charge in [0, 0.05) is 31.3 Å². The SMILES string of the molecule is NC(=O)CCC(=O)N1C[C@@H](c2cccc(F)c2F)[C@@H]2[C@H]1C1CCN2CC1. The van der Waals surface area contributed by atoms with Gasteiger partial charge in [-0.05, 0) is 43.5 Å². The molecule has 1 aromatic carbocycles. The van der Waals surface area contributed by atoms with Crippen molar-refractivity contribution >= 4 is 11.8 Å². The van der Waals surface area contributed by atoms with E-state index >= 15 is 0 Å². The molecule has 140 valence electrons. The van der Waals surface area contributed by atoms with Crippen molar-refractivity contribution in [3.63, 3.8) is 0 Å². The highest BCUT2D eigenvalue weighted by Crippen LogP contribution is 2.47. The van der Waals surface area contributed by atoms with Crippen LogP contribution in [0.3, 0.4) is 0 Å². The maximum atomic E-state index is 14.5. The average Bonchev–Trinajstić information content (AvgIpc) is 3.05. The molecule has 0 radical (unpaired) electrons. The summed E-state index contributed by atoms with van der Waals surface area (Å²) in [5.41, 5.74) is 5.52. The van der Waals surface area contributed by atoms with Crippen molar-refractivity contribution in [2.45, 2.75) is 43.7 Å². The van der Waals surface area contributed by atoms with Gasteiger partial charge in [-0.15, -0.1) is 0 Å². The lowest BCUT2D eigenvalue weighted by Gasteiger charge is -2.51. The Balaban J connectivity index is 1.67. The van der Waals surface area contributed by atoms with Crippen molar-refractivity contribution in [3.8, 4) is 0 Å². The molecule has 2 amide bonds. The lowest BCUT2D eigenvalue weighted by Crippen LogP contribution is -2.60. The number of likely N-dealkylation sites (tertiary alicyclic amines) is 1. The van der Waals surface area contributed by atoms with E-state index in [1.165, 1.54) is 6.07 Å². The molecule has 0 spiro atoms. The Morgan fingerprint density at radius 1 is 1.12 bits per heavy atom. The Labute approximate surface area is 151 Å². The largest absolute Gasteiger partial charge is 0.370 e. The molecule has 1 aromatic rings. The maximum Gasteiger partial charge on any atom is 0.223 e. The zero-order valence-electron chi connectivity index (χ0n) is 14.5. The number of hydrogen-bond acceptors (Lipinski definition) is 3. The Morgan fingerprint density at radius 3 is 2.54 bits per heavy atom. The van der Waals surface area contributed by atoms with E-state index in [0.717, 1.165) is 32.0 Å². The standard InChI is InChI=1S/C19H23F2N3O2/c20-14-3-1-2-12(17(14)21)13-10-24(16(26)5-4-15(22)25)18-11-6-8-23(9-7-11)19(13)18/h1-3,11,13,18-19H,4-10H2,(H2,22,25)/t13-,18+,19+/m0/s1. The van der Waals surface area contributed by atoms with Crippen LogP contribution in [0.1, 0.15) is 37.2 Å². The van der Waals surface area contributed by atoms with Crippen LogP contribution in [0, 0.1) is 17.6 Å². The number of rotatable bonds is 4. The van der Waals surface area contributed by atoms with Gasteiger partial charge in [-0.25, -0.2) is 8.78 Å². The highest BCUT2D eigenvalue weighted by atomic mass is 19.2. The smallest absolute Gasteiger partial charge is 0.223 e. The molecule has 4 aliphatic rings. The van der Waals surface area contributed by atoms with E-state index in [0.29, 0.717) is 18.0 Å². The van der Waals surface area contributed by atoms with E-state index < -0.39 is 17.5 Å². The first-order valence-corrected chi connectivity index (χ1v) is 9.23. The van der Waals surface area contributed by atoms with E-state index in [-0.39, 0.29) is 36.8 Å². The van der Waals surface area contributed by atoms with Gasteiger partial charge >= 0.3 is 0 Å². The van der Waals surface area contributed by atoms with E-state index in [1.54, 1.807) is 11.0 Å². The second-order valence-electron chi connectivity index (χ2n) is 7.62. The zero-order valence-corrected chi connectivity index (χ0v) is 14.5. The minimum absolute atomic E-state index is 0.00513. The number of benzene rings is 1. The molecule has 0 aromatic heterocycles. The first-order valence-electron chi connectivity index (χ1n) is 9.23. The predicted molar refractivity (Wildman–Crippen MR) is 91.1 cm³/mol. The van der Waals surface area contributed by atoms with Crippen LogP contribution in [0.2, 0.25) is 0 Å². The number of fused-ring (bicyclic) bond motifs is 2. The van der Waals surface area contributed by atoms with E-state index in [9.17, 15) is 18.4 Å². The predicted octanol–water partition coefficient (Wildman–Crippen LogP) is 1.62. The molecule has 4 heterocycles. The Kier molecular flexibility index (Phi) is 4.42. The molecule has 0 aliphatic carbocycles. The molecule has 2 N–H and O–H groups in total. The van der Waals surface area contributed by atoms with Gasteiger partial charge in [-0.3, -0.25) is 14.5 Å². The van der Waals surface area contributed by atoms with Crippen molar-refractivity contribution in [1.82, 2.24) is 9.80 Å². The summed E-state index contributed by atoms with van der Waals surface area (Å²) in [4.78, 5) is 27.9. The number of hydrogen-bond donors (Lipinski definition) is 1. The molecule has 0 unspecified atom stereocenters. The molecule has 2 bridgehead atoms. The van der Waals surface area contributed by atoms with Gasteiger partial charge in [0.25, 0.3) is 0 Å². The number of halogens is 2. The van der Waals surface area contributed by atoms with Crippen LogP contribution in [-0.2, 0) is 9.59 Å². The van der Waals surface area contributed by atoms with E-state index in [2.05, 4.69) is 4.90 Å². The Hall–Kier alpha value is -2.02. The maximum absolute atomic E-state index is 14.5. The normalized spacial score (nSPS) is 32.5. The van der Waals surface area contributed by atoms with Crippen molar-refractivity contribution < 1.29 is 18.4 Å². The van der Waals surface area contributed by atoms with Crippen molar-refractivity contribution in [3.05, 3.63) is 35.4 Å². The Bertz CT molecular complexity index is 733.